The Morgan fingerprint density at radius 1 is 1.12 bits per heavy atom. The molecule has 0 unspecified atom stereocenters. The minimum Gasteiger partial charge on any atom is -0.400 e. The van der Waals surface area contributed by atoms with Gasteiger partial charge in [0, 0.05) is 37.6 Å². The van der Waals surface area contributed by atoms with Crippen molar-refractivity contribution in [2.24, 2.45) is 4.99 Å². The second kappa shape index (κ2) is 17.1. The molecule has 1 N–H and O–H groups in total. The Kier molecular flexibility index (Phi) is 15.9. The SMILES string of the molecule is C=C/C=C1/CN(C(C)C)Cc2cccc(n2)CCC(C)=N1.CC(=O)c1cc[c-]cc1.CO.[Ni+2]. The summed E-state index contributed by atoms with van der Waals surface area (Å²) in [6.45, 7) is 13.6. The molecule has 1 aliphatic heterocycles. The van der Waals surface area contributed by atoms with Crippen LogP contribution in [0.1, 0.15) is 55.9 Å². The molecule has 0 aliphatic carbocycles. The first-order valence-electron chi connectivity index (χ1n) is 10.9. The molecule has 0 saturated heterocycles. The van der Waals surface area contributed by atoms with Crippen LogP contribution in [0.3, 0.4) is 0 Å². The molecule has 1 aromatic heterocycles. The number of aryl methyl sites for hydroxylation is 1. The number of aliphatic imine (C=N–C) groups is 1. The molecule has 3 rings (SSSR count). The zero-order valence-corrected chi connectivity index (χ0v) is 21.3. The van der Waals surface area contributed by atoms with Gasteiger partial charge in [0.25, 0.3) is 0 Å². The van der Waals surface area contributed by atoms with Crippen LogP contribution >= 0.6 is 0 Å². The van der Waals surface area contributed by atoms with E-state index in [1.807, 2.05) is 12.2 Å². The molecule has 2 heterocycles. The predicted octanol–water partition coefficient (Wildman–Crippen LogP) is 5.06. The van der Waals surface area contributed by atoms with Gasteiger partial charge in [-0.25, -0.2) is 0 Å². The third-order valence-electron chi connectivity index (χ3n) is 4.84. The molecular weight excluding hydrogens is 457 g/mol. The fourth-order valence-corrected chi connectivity index (χ4v) is 3.09. The van der Waals surface area contributed by atoms with Crippen LogP contribution in [-0.2, 0) is 29.5 Å². The van der Waals surface area contributed by atoms with Crippen LogP contribution in [0, 0.1) is 6.07 Å². The van der Waals surface area contributed by atoms with Gasteiger partial charge >= 0.3 is 16.5 Å². The van der Waals surface area contributed by atoms with Gasteiger partial charge in [0.2, 0.25) is 0 Å². The van der Waals surface area contributed by atoms with E-state index < -0.39 is 0 Å². The maximum absolute atomic E-state index is 10.6. The topological polar surface area (TPSA) is 65.8 Å². The van der Waals surface area contributed by atoms with Gasteiger partial charge in [0.1, 0.15) is 5.78 Å². The number of benzene rings is 1. The van der Waals surface area contributed by atoms with Crippen molar-refractivity contribution in [1.29, 1.82) is 0 Å². The number of carbonyl (C=O) groups is 1. The number of hydrogen-bond donors (Lipinski definition) is 1. The molecular formula is C27H36N3NiO2+. The molecule has 0 saturated carbocycles. The van der Waals surface area contributed by atoms with Gasteiger partial charge in [-0.05, 0) is 58.7 Å². The standard InChI is InChI=1S/C18H25N3.C8H7O.CH4O.Ni/c1-5-7-17-12-21(14(2)3)13-18-9-6-8-16(20-18)11-10-15(4)19-17;1-7(9)8-5-3-2-4-6-8;1-2;/h5-9,14H,1,10-13H2,2-4H3;3-6H,1H3;2H,1H3;/q;-1;;+2/b17-7-,19-15?;;;. The van der Waals surface area contributed by atoms with E-state index in [-0.39, 0.29) is 22.3 Å². The van der Waals surface area contributed by atoms with Crippen molar-refractivity contribution in [2.75, 3.05) is 13.7 Å². The van der Waals surface area contributed by atoms with Crippen molar-refractivity contribution < 1.29 is 26.4 Å². The number of Topliss-reactive ketones (excluding diaryl/α,β-unsaturated/α-hetero) is 1. The molecule has 2 bridgehead atoms. The van der Waals surface area contributed by atoms with E-state index >= 15 is 0 Å². The number of allylic oxidation sites excluding steroid dienone is 2. The molecule has 0 amide bonds. The summed E-state index contributed by atoms with van der Waals surface area (Å²) in [5, 5.41) is 7.00. The monoisotopic (exact) mass is 492 g/mol. The first-order chi connectivity index (χ1) is 15.4. The number of hydrogen-bond acceptors (Lipinski definition) is 5. The Morgan fingerprint density at radius 2 is 1.76 bits per heavy atom. The Bertz CT molecular complexity index is 909. The van der Waals surface area contributed by atoms with Crippen LogP contribution in [0.2, 0.25) is 0 Å². The molecule has 0 radical (unpaired) electrons. The number of ketones is 1. The van der Waals surface area contributed by atoms with Crippen molar-refractivity contribution in [1.82, 2.24) is 9.88 Å². The number of aromatic nitrogens is 1. The molecule has 180 valence electrons. The van der Waals surface area contributed by atoms with E-state index in [9.17, 15) is 4.79 Å². The van der Waals surface area contributed by atoms with E-state index in [4.69, 9.17) is 15.1 Å². The largest absolute Gasteiger partial charge is 2.00 e. The maximum Gasteiger partial charge on any atom is 2.00 e. The number of rotatable bonds is 3. The average molecular weight is 493 g/mol. The second-order valence-electron chi connectivity index (χ2n) is 7.70. The van der Waals surface area contributed by atoms with Crippen LogP contribution in [-0.4, -0.2) is 46.2 Å². The molecule has 0 atom stereocenters. The van der Waals surface area contributed by atoms with Gasteiger partial charge in [0.15, 0.2) is 0 Å². The maximum atomic E-state index is 10.6. The molecule has 1 aromatic carbocycles. The summed E-state index contributed by atoms with van der Waals surface area (Å²) in [6, 6.07) is 16.6. The van der Waals surface area contributed by atoms with Crippen LogP contribution in [0.4, 0.5) is 0 Å². The zero-order valence-electron chi connectivity index (χ0n) is 20.3. The van der Waals surface area contributed by atoms with Gasteiger partial charge < -0.3 is 5.11 Å². The molecule has 33 heavy (non-hydrogen) atoms. The van der Waals surface area contributed by atoms with E-state index in [0.29, 0.717) is 6.04 Å². The van der Waals surface area contributed by atoms with Crippen molar-refractivity contribution in [3.05, 3.63) is 89.9 Å². The Labute approximate surface area is 209 Å². The number of nitrogens with zero attached hydrogens (tertiary/aromatic N) is 3. The third-order valence-corrected chi connectivity index (χ3v) is 4.84. The first-order valence-corrected chi connectivity index (χ1v) is 10.9. The Hall–Kier alpha value is -2.40. The van der Waals surface area contributed by atoms with Gasteiger partial charge in [-0.1, -0.05) is 24.3 Å². The van der Waals surface area contributed by atoms with Crippen molar-refractivity contribution in [2.45, 2.75) is 53.1 Å². The fourth-order valence-electron chi connectivity index (χ4n) is 3.09. The van der Waals surface area contributed by atoms with E-state index in [0.717, 1.165) is 61.4 Å². The zero-order chi connectivity index (χ0) is 23.9. The molecule has 0 fully saturated rings. The van der Waals surface area contributed by atoms with Crippen molar-refractivity contribution in [3.63, 3.8) is 0 Å². The first kappa shape index (κ1) is 30.6. The summed E-state index contributed by atoms with van der Waals surface area (Å²) in [6.07, 6.45) is 5.74. The average Bonchev–Trinajstić information content (AvgIpc) is 2.81. The summed E-state index contributed by atoms with van der Waals surface area (Å²) < 4.78 is 0. The van der Waals surface area contributed by atoms with Gasteiger partial charge in [-0.2, -0.15) is 30.3 Å². The van der Waals surface area contributed by atoms with Crippen LogP contribution in [0.25, 0.3) is 0 Å². The van der Waals surface area contributed by atoms with E-state index in [1.165, 1.54) is 0 Å². The number of pyridine rings is 1. The number of carbonyl (C=O) groups excluding carboxylic acids is 1. The third kappa shape index (κ3) is 11.9. The second-order valence-corrected chi connectivity index (χ2v) is 7.70. The minimum atomic E-state index is 0. The summed E-state index contributed by atoms with van der Waals surface area (Å²) in [5.41, 5.74) is 5.27. The minimum absolute atomic E-state index is 0. The molecule has 1 aliphatic rings. The van der Waals surface area contributed by atoms with Gasteiger partial charge in [-0.15, -0.1) is 0 Å². The fraction of sp³-hybridized carbons (Fsp3) is 0.370. The van der Waals surface area contributed by atoms with Crippen LogP contribution in [0.5, 0.6) is 0 Å². The summed E-state index contributed by atoms with van der Waals surface area (Å²) in [7, 11) is 1.00. The van der Waals surface area contributed by atoms with Crippen molar-refractivity contribution >= 4 is 11.5 Å². The van der Waals surface area contributed by atoms with E-state index in [1.54, 1.807) is 31.2 Å². The molecule has 6 heteroatoms. The molecule has 2 aromatic rings. The number of aliphatic hydroxyl groups is 1. The normalized spacial score (nSPS) is 14.9. The smallest absolute Gasteiger partial charge is 0.400 e. The van der Waals surface area contributed by atoms with Crippen LogP contribution < -0.4 is 0 Å². The Morgan fingerprint density at radius 3 is 2.30 bits per heavy atom. The molecule has 5 nitrogen and oxygen atoms in total. The Balaban J connectivity index is 0.000000717. The van der Waals surface area contributed by atoms with Crippen molar-refractivity contribution in [3.8, 4) is 0 Å². The number of fused-ring (bicyclic) bond motifs is 2. The summed E-state index contributed by atoms with van der Waals surface area (Å²) in [5.74, 6) is 0.101. The van der Waals surface area contributed by atoms with Gasteiger partial charge in [0.05, 0.1) is 11.4 Å². The van der Waals surface area contributed by atoms with Crippen LogP contribution in [0.15, 0.2) is 71.9 Å². The summed E-state index contributed by atoms with van der Waals surface area (Å²) in [4.78, 5) is 22.6. The quantitative estimate of drug-likeness (QED) is 0.369. The molecule has 0 spiro atoms. The predicted molar refractivity (Wildman–Crippen MR) is 133 cm³/mol. The number of aliphatic hydroxyl groups excluding tert-OH is 1. The van der Waals surface area contributed by atoms with E-state index in [2.05, 4.69) is 56.5 Å². The van der Waals surface area contributed by atoms with Gasteiger partial charge in [-0.3, -0.25) is 19.7 Å². The summed E-state index contributed by atoms with van der Waals surface area (Å²) >= 11 is 0.